The van der Waals surface area contributed by atoms with Crippen LogP contribution in [0.4, 0.5) is 8.78 Å². The third kappa shape index (κ3) is 4.39. The van der Waals surface area contributed by atoms with Crippen molar-refractivity contribution in [2.75, 3.05) is 6.54 Å². The molecule has 0 aromatic heterocycles. The van der Waals surface area contributed by atoms with Gasteiger partial charge in [-0.15, -0.1) is 0 Å². The van der Waals surface area contributed by atoms with Gasteiger partial charge < -0.3 is 5.73 Å². The summed E-state index contributed by atoms with van der Waals surface area (Å²) in [6, 6.07) is 11.6. The Morgan fingerprint density at radius 3 is 2.20 bits per heavy atom. The highest BCUT2D eigenvalue weighted by Gasteiger charge is 2.11. The van der Waals surface area contributed by atoms with E-state index in [-0.39, 0.29) is 5.92 Å². The molecule has 0 aliphatic heterocycles. The van der Waals surface area contributed by atoms with Crippen molar-refractivity contribution in [3.05, 3.63) is 69.7 Å². The number of hydrogen-bond donors (Lipinski definition) is 1. The van der Waals surface area contributed by atoms with Crippen LogP contribution in [0.25, 0.3) is 0 Å². The first-order valence-corrected chi connectivity index (χ1v) is 7.25. The van der Waals surface area contributed by atoms with Crippen LogP contribution in [0.1, 0.15) is 11.1 Å². The van der Waals surface area contributed by atoms with Crippen molar-refractivity contribution in [3.63, 3.8) is 0 Å². The zero-order chi connectivity index (χ0) is 14.5. The maximum absolute atomic E-state index is 13.2. The first kappa shape index (κ1) is 15.1. The Hall–Kier alpha value is -1.26. The third-order valence-corrected chi connectivity index (χ3v) is 3.69. The fourth-order valence-electron chi connectivity index (χ4n) is 2.30. The Bertz CT molecular complexity index is 566. The third-order valence-electron chi connectivity index (χ3n) is 3.19. The molecule has 0 aliphatic rings. The normalized spacial score (nSPS) is 12.4. The molecule has 1 unspecified atom stereocenters. The molecule has 2 aromatic carbocycles. The molecule has 0 aliphatic carbocycles. The van der Waals surface area contributed by atoms with Crippen molar-refractivity contribution >= 4 is 15.9 Å². The summed E-state index contributed by atoms with van der Waals surface area (Å²) in [6.45, 7) is 0.477. The molecule has 20 heavy (non-hydrogen) atoms. The van der Waals surface area contributed by atoms with E-state index < -0.39 is 11.6 Å². The van der Waals surface area contributed by atoms with Crippen LogP contribution in [0.5, 0.6) is 0 Å². The van der Waals surface area contributed by atoms with Gasteiger partial charge in [0.2, 0.25) is 0 Å². The lowest BCUT2D eigenvalue weighted by Gasteiger charge is -2.15. The van der Waals surface area contributed by atoms with Crippen LogP contribution < -0.4 is 5.73 Å². The fraction of sp³-hybridized carbons (Fsp3) is 0.250. The van der Waals surface area contributed by atoms with Crippen LogP contribution in [-0.4, -0.2) is 6.54 Å². The van der Waals surface area contributed by atoms with E-state index in [9.17, 15) is 8.78 Å². The summed E-state index contributed by atoms with van der Waals surface area (Å²) in [6.07, 6.45) is 1.35. The van der Waals surface area contributed by atoms with Crippen LogP contribution in [0.15, 0.2) is 46.9 Å². The molecule has 2 aromatic rings. The van der Waals surface area contributed by atoms with E-state index in [0.717, 1.165) is 22.5 Å². The van der Waals surface area contributed by atoms with Gasteiger partial charge in [0.25, 0.3) is 0 Å². The Labute approximate surface area is 125 Å². The maximum atomic E-state index is 13.2. The molecule has 0 saturated heterocycles. The summed E-state index contributed by atoms with van der Waals surface area (Å²) in [7, 11) is 0. The van der Waals surface area contributed by atoms with Gasteiger partial charge in [-0.25, -0.2) is 8.78 Å². The molecule has 0 fully saturated rings. The summed E-state index contributed by atoms with van der Waals surface area (Å²) >= 11 is 3.43. The van der Waals surface area contributed by atoms with Crippen LogP contribution in [0.2, 0.25) is 0 Å². The molecule has 0 heterocycles. The second-order valence-electron chi connectivity index (χ2n) is 4.92. The minimum absolute atomic E-state index is 0.158. The van der Waals surface area contributed by atoms with Crippen LogP contribution in [-0.2, 0) is 12.8 Å². The van der Waals surface area contributed by atoms with E-state index in [1.54, 1.807) is 0 Å². The summed E-state index contributed by atoms with van der Waals surface area (Å²) < 4.78 is 27.4. The Morgan fingerprint density at radius 1 is 0.950 bits per heavy atom. The predicted molar refractivity (Wildman–Crippen MR) is 80.5 cm³/mol. The number of nitrogens with two attached hydrogens (primary N) is 1. The molecular formula is C16H16BrF2N. The van der Waals surface area contributed by atoms with Gasteiger partial charge in [0, 0.05) is 10.5 Å². The zero-order valence-corrected chi connectivity index (χ0v) is 12.5. The number of halogens is 3. The van der Waals surface area contributed by atoms with Gasteiger partial charge in [-0.1, -0.05) is 28.1 Å². The maximum Gasteiger partial charge on any atom is 0.126 e. The van der Waals surface area contributed by atoms with Gasteiger partial charge in [0.1, 0.15) is 11.6 Å². The van der Waals surface area contributed by atoms with Crippen molar-refractivity contribution < 1.29 is 8.78 Å². The highest BCUT2D eigenvalue weighted by molar-refractivity contribution is 9.10. The van der Waals surface area contributed by atoms with Gasteiger partial charge in [-0.2, -0.15) is 0 Å². The first-order valence-electron chi connectivity index (χ1n) is 6.46. The zero-order valence-electron chi connectivity index (χ0n) is 11.0. The smallest absolute Gasteiger partial charge is 0.126 e. The van der Waals surface area contributed by atoms with E-state index >= 15 is 0 Å². The standard InChI is InChI=1S/C16H16BrF2N/c17-14-3-1-2-11(6-14)4-13(10-20)5-12-7-15(18)9-16(19)8-12/h1-3,6-9,13H,4-5,10,20H2. The van der Waals surface area contributed by atoms with E-state index in [2.05, 4.69) is 15.9 Å². The molecule has 106 valence electrons. The van der Waals surface area contributed by atoms with Crippen molar-refractivity contribution in [3.8, 4) is 0 Å². The number of rotatable bonds is 5. The topological polar surface area (TPSA) is 26.0 Å². The predicted octanol–water partition coefficient (Wildman–Crippen LogP) is 4.09. The SMILES string of the molecule is NCC(Cc1cc(F)cc(F)c1)Cc1cccc(Br)c1. The Kier molecular flexibility index (Phi) is 5.26. The molecule has 2 rings (SSSR count). The van der Waals surface area contributed by atoms with Gasteiger partial charge in [-0.05, 0) is 60.7 Å². The molecule has 0 saturated carbocycles. The van der Waals surface area contributed by atoms with Gasteiger partial charge in [-0.3, -0.25) is 0 Å². The summed E-state index contributed by atoms with van der Waals surface area (Å²) in [4.78, 5) is 0. The fourth-order valence-corrected chi connectivity index (χ4v) is 2.74. The quantitative estimate of drug-likeness (QED) is 0.872. The summed E-state index contributed by atoms with van der Waals surface area (Å²) in [5.41, 5.74) is 7.59. The lowest BCUT2D eigenvalue weighted by atomic mass is 9.92. The van der Waals surface area contributed by atoms with E-state index in [4.69, 9.17) is 5.73 Å². The Balaban J connectivity index is 2.09. The molecule has 0 spiro atoms. The van der Waals surface area contributed by atoms with Crippen molar-refractivity contribution in [2.45, 2.75) is 12.8 Å². The van der Waals surface area contributed by atoms with Crippen molar-refractivity contribution in [1.82, 2.24) is 0 Å². The lowest BCUT2D eigenvalue weighted by Crippen LogP contribution is -2.19. The molecule has 4 heteroatoms. The van der Waals surface area contributed by atoms with E-state index in [0.29, 0.717) is 18.5 Å². The average molecular weight is 340 g/mol. The van der Waals surface area contributed by atoms with E-state index in [1.165, 1.54) is 12.1 Å². The van der Waals surface area contributed by atoms with Crippen molar-refractivity contribution in [2.24, 2.45) is 11.7 Å². The van der Waals surface area contributed by atoms with E-state index in [1.807, 2.05) is 24.3 Å². The molecule has 0 amide bonds. The largest absolute Gasteiger partial charge is 0.330 e. The number of hydrogen-bond acceptors (Lipinski definition) is 1. The van der Waals surface area contributed by atoms with Crippen LogP contribution >= 0.6 is 15.9 Å². The van der Waals surface area contributed by atoms with Gasteiger partial charge in [0.05, 0.1) is 0 Å². The molecule has 0 radical (unpaired) electrons. The highest BCUT2D eigenvalue weighted by Crippen LogP contribution is 2.18. The van der Waals surface area contributed by atoms with Crippen LogP contribution in [0, 0.1) is 17.6 Å². The van der Waals surface area contributed by atoms with Gasteiger partial charge in [0.15, 0.2) is 0 Å². The molecule has 0 bridgehead atoms. The highest BCUT2D eigenvalue weighted by atomic mass is 79.9. The molecule has 1 nitrogen and oxygen atoms in total. The monoisotopic (exact) mass is 339 g/mol. The van der Waals surface area contributed by atoms with Gasteiger partial charge >= 0.3 is 0 Å². The summed E-state index contributed by atoms with van der Waals surface area (Å²) in [5, 5.41) is 0. The van der Waals surface area contributed by atoms with Crippen LogP contribution in [0.3, 0.4) is 0 Å². The molecule has 1 atom stereocenters. The average Bonchev–Trinajstić information content (AvgIpc) is 2.36. The molecular weight excluding hydrogens is 324 g/mol. The molecule has 2 N–H and O–H groups in total. The lowest BCUT2D eigenvalue weighted by molar-refractivity contribution is 0.524. The summed E-state index contributed by atoms with van der Waals surface area (Å²) in [5.74, 6) is -0.929. The minimum Gasteiger partial charge on any atom is -0.330 e. The first-order chi connectivity index (χ1) is 9.56. The second-order valence-corrected chi connectivity index (χ2v) is 5.83. The second kappa shape index (κ2) is 6.95. The minimum atomic E-state index is -0.543. The van der Waals surface area contributed by atoms with Crippen molar-refractivity contribution in [1.29, 1.82) is 0 Å². The Morgan fingerprint density at radius 2 is 1.60 bits per heavy atom. The number of benzene rings is 2.